The Kier molecular flexibility index (Phi) is 5.36. The van der Waals surface area contributed by atoms with Crippen molar-refractivity contribution in [2.24, 2.45) is 5.84 Å². The molecule has 6 heteroatoms. The zero-order valence-corrected chi connectivity index (χ0v) is 13.8. The van der Waals surface area contributed by atoms with Crippen molar-refractivity contribution < 1.29 is 0 Å². The third-order valence-electron chi connectivity index (χ3n) is 2.69. The van der Waals surface area contributed by atoms with Gasteiger partial charge in [0.1, 0.15) is 0 Å². The van der Waals surface area contributed by atoms with Crippen molar-refractivity contribution in [1.29, 1.82) is 0 Å². The Hall–Kier alpha value is -0.460. The fourth-order valence-corrected chi connectivity index (χ4v) is 3.15. The summed E-state index contributed by atoms with van der Waals surface area (Å²) in [6, 6.07) is 7.76. The van der Waals surface area contributed by atoms with Crippen LogP contribution in [0.3, 0.4) is 0 Å². The molecule has 1 heterocycles. The number of hydrogen-bond donors (Lipinski definition) is 2. The molecule has 2 rings (SSSR count). The summed E-state index contributed by atoms with van der Waals surface area (Å²) in [7, 11) is 0. The van der Waals surface area contributed by atoms with Crippen molar-refractivity contribution in [2.75, 3.05) is 0 Å². The Bertz CT molecular complexity index is 557. The average Bonchev–Trinajstić information content (AvgIpc) is 2.34. The highest BCUT2D eigenvalue weighted by molar-refractivity contribution is 9.10. The number of halogens is 3. The molecule has 1 aromatic carbocycles. The Morgan fingerprint density at radius 3 is 2.58 bits per heavy atom. The number of aromatic nitrogens is 1. The molecule has 0 bridgehead atoms. The van der Waals surface area contributed by atoms with E-state index in [2.05, 4.69) is 42.3 Å². The molecular weight excluding hydrogens is 393 g/mol. The second-order valence-corrected chi connectivity index (χ2v) is 6.41. The molecule has 0 amide bonds. The van der Waals surface area contributed by atoms with Gasteiger partial charge in [0.25, 0.3) is 0 Å². The van der Waals surface area contributed by atoms with Gasteiger partial charge in [-0.25, -0.2) is 0 Å². The average molecular weight is 406 g/mol. The van der Waals surface area contributed by atoms with E-state index in [1.807, 2.05) is 30.5 Å². The van der Waals surface area contributed by atoms with Gasteiger partial charge in [0.05, 0.1) is 6.04 Å². The van der Waals surface area contributed by atoms with Crippen molar-refractivity contribution in [3.05, 3.63) is 61.8 Å². The van der Waals surface area contributed by atoms with Gasteiger partial charge >= 0.3 is 0 Å². The topological polar surface area (TPSA) is 50.9 Å². The molecule has 2 aromatic rings. The van der Waals surface area contributed by atoms with E-state index in [9.17, 15) is 0 Å². The second-order valence-electron chi connectivity index (χ2n) is 4.14. The van der Waals surface area contributed by atoms with E-state index in [4.69, 9.17) is 17.4 Å². The van der Waals surface area contributed by atoms with Crippen LogP contribution < -0.4 is 11.3 Å². The predicted octanol–water partition coefficient (Wildman–Crippen LogP) is 4.01. The third kappa shape index (κ3) is 4.26. The Labute approximate surface area is 133 Å². The van der Waals surface area contributed by atoms with Crippen molar-refractivity contribution in [2.45, 2.75) is 12.5 Å². The van der Waals surface area contributed by atoms with Gasteiger partial charge in [-0.05, 0) is 57.7 Å². The van der Waals surface area contributed by atoms with Crippen LogP contribution in [0.1, 0.15) is 17.2 Å². The number of nitrogens with zero attached hydrogens (tertiary/aromatic N) is 1. The van der Waals surface area contributed by atoms with E-state index in [-0.39, 0.29) is 6.04 Å². The number of rotatable bonds is 4. The smallest absolute Gasteiger partial charge is 0.0501 e. The van der Waals surface area contributed by atoms with Gasteiger partial charge in [0.15, 0.2) is 0 Å². The zero-order chi connectivity index (χ0) is 13.8. The van der Waals surface area contributed by atoms with Crippen LogP contribution in [0, 0.1) is 0 Å². The minimum Gasteiger partial charge on any atom is -0.271 e. The lowest BCUT2D eigenvalue weighted by molar-refractivity contribution is 0.551. The molecule has 0 fully saturated rings. The molecule has 0 aliphatic carbocycles. The molecule has 3 nitrogen and oxygen atoms in total. The highest BCUT2D eigenvalue weighted by Crippen LogP contribution is 2.26. The maximum atomic E-state index is 6.06. The molecule has 1 unspecified atom stereocenters. The third-order valence-corrected chi connectivity index (χ3v) is 3.80. The summed E-state index contributed by atoms with van der Waals surface area (Å²) < 4.78 is 1.88. The maximum absolute atomic E-state index is 6.06. The summed E-state index contributed by atoms with van der Waals surface area (Å²) in [4.78, 5) is 4.15. The number of nitrogens with two attached hydrogens (primary N) is 1. The number of benzene rings is 1. The molecule has 0 saturated heterocycles. The highest BCUT2D eigenvalue weighted by atomic mass is 79.9. The lowest BCUT2D eigenvalue weighted by atomic mass is 10.0. The monoisotopic (exact) mass is 403 g/mol. The first-order chi connectivity index (χ1) is 9.08. The molecule has 19 heavy (non-hydrogen) atoms. The fraction of sp³-hybridized carbons (Fsp3) is 0.154. The van der Waals surface area contributed by atoms with Crippen LogP contribution >= 0.6 is 43.5 Å². The summed E-state index contributed by atoms with van der Waals surface area (Å²) in [5.41, 5.74) is 4.94. The maximum Gasteiger partial charge on any atom is 0.0501 e. The number of nitrogens with one attached hydrogen (secondary N) is 1. The van der Waals surface area contributed by atoms with Crippen LogP contribution in [-0.2, 0) is 6.42 Å². The van der Waals surface area contributed by atoms with E-state index in [1.54, 1.807) is 6.20 Å². The summed E-state index contributed by atoms with van der Waals surface area (Å²) in [6.45, 7) is 0. The first-order valence-electron chi connectivity index (χ1n) is 5.60. The first kappa shape index (κ1) is 14.9. The van der Waals surface area contributed by atoms with Gasteiger partial charge < -0.3 is 0 Å². The van der Waals surface area contributed by atoms with Gasteiger partial charge in [0.2, 0.25) is 0 Å². The summed E-state index contributed by atoms with van der Waals surface area (Å²) in [5, 5.41) is 0.678. The van der Waals surface area contributed by atoms with E-state index < -0.39 is 0 Å². The highest BCUT2D eigenvalue weighted by Gasteiger charge is 2.12. The second kappa shape index (κ2) is 6.81. The minimum absolute atomic E-state index is 0.0221. The summed E-state index contributed by atoms with van der Waals surface area (Å²) in [6.07, 6.45) is 4.31. The standard InChI is InChI=1S/C13H12Br2ClN3/c14-10-3-9(4-12(16)5-10)13(19-17)2-8-1-11(15)7-18-6-8/h1,3-7,13,19H,2,17H2. The summed E-state index contributed by atoms with van der Waals surface area (Å²) >= 11 is 12.9. The van der Waals surface area contributed by atoms with Crippen molar-refractivity contribution in [3.63, 3.8) is 0 Å². The van der Waals surface area contributed by atoms with E-state index in [0.717, 1.165) is 26.5 Å². The van der Waals surface area contributed by atoms with Crippen LogP contribution in [0.25, 0.3) is 0 Å². The first-order valence-corrected chi connectivity index (χ1v) is 7.56. The Morgan fingerprint density at radius 2 is 1.95 bits per heavy atom. The van der Waals surface area contributed by atoms with Gasteiger partial charge in [0, 0.05) is 26.4 Å². The van der Waals surface area contributed by atoms with E-state index >= 15 is 0 Å². The lowest BCUT2D eigenvalue weighted by Crippen LogP contribution is -2.29. The molecule has 3 N–H and O–H groups in total. The van der Waals surface area contributed by atoms with Gasteiger partial charge in [-0.1, -0.05) is 27.5 Å². The largest absolute Gasteiger partial charge is 0.271 e. The van der Waals surface area contributed by atoms with Crippen LogP contribution in [-0.4, -0.2) is 4.98 Å². The number of pyridine rings is 1. The normalized spacial score (nSPS) is 12.4. The van der Waals surface area contributed by atoms with Gasteiger partial charge in [-0.15, -0.1) is 0 Å². The van der Waals surface area contributed by atoms with Crippen LogP contribution in [0.15, 0.2) is 45.6 Å². The van der Waals surface area contributed by atoms with Gasteiger partial charge in [-0.2, -0.15) is 0 Å². The predicted molar refractivity (Wildman–Crippen MR) is 84.9 cm³/mol. The Balaban J connectivity index is 2.24. The van der Waals surface area contributed by atoms with Crippen molar-refractivity contribution >= 4 is 43.5 Å². The molecule has 1 atom stereocenters. The van der Waals surface area contributed by atoms with E-state index in [1.165, 1.54) is 0 Å². The van der Waals surface area contributed by atoms with Gasteiger partial charge in [-0.3, -0.25) is 16.3 Å². The molecule has 0 radical (unpaired) electrons. The molecule has 1 aromatic heterocycles. The van der Waals surface area contributed by atoms with Crippen molar-refractivity contribution in [3.8, 4) is 0 Å². The van der Waals surface area contributed by atoms with E-state index in [0.29, 0.717) is 5.02 Å². The Morgan fingerprint density at radius 1 is 1.16 bits per heavy atom. The molecule has 100 valence electrons. The van der Waals surface area contributed by atoms with Crippen LogP contribution in [0.5, 0.6) is 0 Å². The van der Waals surface area contributed by atoms with Crippen LogP contribution in [0.4, 0.5) is 0 Å². The number of hydrogen-bond acceptors (Lipinski definition) is 3. The summed E-state index contributed by atoms with van der Waals surface area (Å²) in [5.74, 6) is 5.65. The number of hydrazine groups is 1. The molecule has 0 aliphatic rings. The minimum atomic E-state index is -0.0221. The molecular formula is C13H12Br2ClN3. The van der Waals surface area contributed by atoms with Crippen molar-refractivity contribution in [1.82, 2.24) is 10.4 Å². The molecule has 0 spiro atoms. The zero-order valence-electron chi connectivity index (χ0n) is 9.91. The fourth-order valence-electron chi connectivity index (χ4n) is 1.85. The van der Waals surface area contributed by atoms with Crippen LogP contribution in [0.2, 0.25) is 5.02 Å². The SMILES string of the molecule is NNC(Cc1cncc(Br)c1)c1cc(Cl)cc(Br)c1. The molecule has 0 saturated carbocycles. The molecule has 0 aliphatic heterocycles. The quantitative estimate of drug-likeness (QED) is 0.597. The lowest BCUT2D eigenvalue weighted by Gasteiger charge is -2.17.